The molecule has 1 saturated carbocycles. The van der Waals surface area contributed by atoms with Crippen molar-refractivity contribution in [1.82, 2.24) is 10.2 Å². The van der Waals surface area contributed by atoms with Gasteiger partial charge in [0.1, 0.15) is 23.1 Å². The van der Waals surface area contributed by atoms with E-state index in [0.29, 0.717) is 29.1 Å². The summed E-state index contributed by atoms with van der Waals surface area (Å²) in [6.07, 6.45) is 4.58. The highest BCUT2D eigenvalue weighted by Crippen LogP contribution is 2.48. The number of anilines is 1. The van der Waals surface area contributed by atoms with Gasteiger partial charge in [-0.15, -0.1) is 10.2 Å². The summed E-state index contributed by atoms with van der Waals surface area (Å²) in [5.74, 6) is 0.386. The second-order valence-corrected chi connectivity index (χ2v) is 7.02. The van der Waals surface area contributed by atoms with E-state index in [1.165, 1.54) is 12.1 Å². The van der Waals surface area contributed by atoms with E-state index in [1.807, 2.05) is 0 Å². The lowest BCUT2D eigenvalue weighted by Gasteiger charge is -2.26. The van der Waals surface area contributed by atoms with E-state index in [-0.39, 0.29) is 29.7 Å². The van der Waals surface area contributed by atoms with E-state index in [4.69, 9.17) is 10.5 Å². The molecule has 6 heteroatoms. The maximum Gasteiger partial charge on any atom is 0.149 e. The Morgan fingerprint density at radius 1 is 1.17 bits per heavy atom. The van der Waals surface area contributed by atoms with Crippen LogP contribution in [0.15, 0.2) is 12.1 Å². The zero-order valence-corrected chi connectivity index (χ0v) is 13.1. The molecule has 3 N–H and O–H groups in total. The van der Waals surface area contributed by atoms with Gasteiger partial charge in [-0.2, -0.15) is 0 Å². The summed E-state index contributed by atoms with van der Waals surface area (Å²) < 4.78 is 20.5. The number of hydrogen-bond donors (Lipinski definition) is 2. The molecule has 0 spiro atoms. The van der Waals surface area contributed by atoms with Gasteiger partial charge in [0.2, 0.25) is 0 Å². The van der Waals surface area contributed by atoms with E-state index in [2.05, 4.69) is 10.2 Å². The van der Waals surface area contributed by atoms with Crippen molar-refractivity contribution in [2.24, 2.45) is 0 Å². The predicted molar refractivity (Wildman–Crippen MR) is 86.0 cm³/mol. The van der Waals surface area contributed by atoms with Gasteiger partial charge in [-0.05, 0) is 49.3 Å². The molecule has 0 radical (unpaired) electrons. The molecule has 2 bridgehead atoms. The summed E-state index contributed by atoms with van der Waals surface area (Å²) in [4.78, 5) is 0. The van der Waals surface area contributed by atoms with E-state index >= 15 is 0 Å². The SMILES string of the molecule is Nc1nnc(-c2cc(F)c(C3CC3)cc2O)c2c1CC1CCC2O1. The van der Waals surface area contributed by atoms with E-state index in [1.54, 1.807) is 0 Å². The van der Waals surface area contributed by atoms with Gasteiger partial charge >= 0.3 is 0 Å². The van der Waals surface area contributed by atoms with Gasteiger partial charge in [0, 0.05) is 23.1 Å². The number of halogens is 1. The monoisotopic (exact) mass is 327 g/mol. The third-order valence-corrected chi connectivity index (χ3v) is 5.40. The minimum atomic E-state index is -0.293. The standard InChI is InChI=1S/C18H18FN3O2/c19-13-6-11(14(23)7-10(13)8-1-2-8)17-16-12(18(20)22-21-17)5-9-3-4-15(16)24-9/h6-9,15,23H,1-5H2,(H2,20,22). The summed E-state index contributed by atoms with van der Waals surface area (Å²) in [5.41, 5.74) is 9.26. The number of nitrogen functional groups attached to an aromatic ring is 1. The molecule has 2 unspecified atom stereocenters. The third kappa shape index (κ3) is 2.02. The van der Waals surface area contributed by atoms with E-state index < -0.39 is 0 Å². The van der Waals surface area contributed by atoms with E-state index in [9.17, 15) is 9.50 Å². The Morgan fingerprint density at radius 2 is 2.00 bits per heavy atom. The van der Waals surface area contributed by atoms with Crippen molar-refractivity contribution in [1.29, 1.82) is 0 Å². The Bertz CT molecular complexity index is 851. The second kappa shape index (κ2) is 4.89. The Balaban J connectivity index is 1.69. The first kappa shape index (κ1) is 14.2. The number of hydrogen-bond acceptors (Lipinski definition) is 5. The molecular weight excluding hydrogens is 309 g/mol. The molecule has 5 rings (SSSR count). The number of aromatic nitrogens is 2. The Hall–Kier alpha value is -2.21. The number of benzene rings is 1. The average molecular weight is 327 g/mol. The van der Waals surface area contributed by atoms with Crippen LogP contribution < -0.4 is 5.73 Å². The number of aromatic hydroxyl groups is 1. The van der Waals surface area contributed by atoms with Crippen molar-refractivity contribution in [3.05, 3.63) is 34.6 Å². The van der Waals surface area contributed by atoms with Gasteiger partial charge in [-0.1, -0.05) is 0 Å². The van der Waals surface area contributed by atoms with Crippen LogP contribution in [-0.4, -0.2) is 21.4 Å². The molecule has 1 aliphatic carbocycles. The molecule has 3 aliphatic rings. The Kier molecular flexibility index (Phi) is 2.89. The average Bonchev–Trinajstić information content (AvgIpc) is 3.34. The molecular formula is C18H18FN3O2. The van der Waals surface area contributed by atoms with Gasteiger partial charge in [-0.3, -0.25) is 0 Å². The normalized spacial score (nSPS) is 24.9. The van der Waals surface area contributed by atoms with Gasteiger partial charge < -0.3 is 15.6 Å². The fraction of sp³-hybridized carbons (Fsp3) is 0.444. The van der Waals surface area contributed by atoms with Crippen molar-refractivity contribution < 1.29 is 14.2 Å². The van der Waals surface area contributed by atoms with Crippen LogP contribution in [-0.2, 0) is 11.2 Å². The molecule has 24 heavy (non-hydrogen) atoms. The summed E-state index contributed by atoms with van der Waals surface area (Å²) >= 11 is 0. The molecule has 2 fully saturated rings. The largest absolute Gasteiger partial charge is 0.507 e. The van der Waals surface area contributed by atoms with Crippen LogP contribution >= 0.6 is 0 Å². The fourth-order valence-electron chi connectivity index (χ4n) is 4.03. The zero-order chi connectivity index (χ0) is 16.4. The summed E-state index contributed by atoms with van der Waals surface area (Å²) in [5, 5.41) is 18.7. The van der Waals surface area contributed by atoms with Crippen molar-refractivity contribution >= 4 is 5.82 Å². The molecule has 2 atom stereocenters. The first-order chi connectivity index (χ1) is 11.6. The first-order valence-corrected chi connectivity index (χ1v) is 8.45. The smallest absolute Gasteiger partial charge is 0.149 e. The quantitative estimate of drug-likeness (QED) is 0.885. The molecule has 0 amide bonds. The van der Waals surface area contributed by atoms with Gasteiger partial charge in [0.15, 0.2) is 0 Å². The lowest BCUT2D eigenvalue weighted by molar-refractivity contribution is 0.0325. The first-order valence-electron chi connectivity index (χ1n) is 8.45. The Labute approximate surface area is 138 Å². The maximum atomic E-state index is 14.5. The number of nitrogens with two attached hydrogens (primary N) is 1. The van der Waals surface area contributed by atoms with Crippen LogP contribution in [0.3, 0.4) is 0 Å². The molecule has 5 nitrogen and oxygen atoms in total. The van der Waals surface area contributed by atoms with Gasteiger partial charge in [-0.25, -0.2) is 4.39 Å². The maximum absolute atomic E-state index is 14.5. The molecule has 124 valence electrons. The fourth-order valence-corrected chi connectivity index (χ4v) is 4.03. The lowest BCUT2D eigenvalue weighted by Crippen LogP contribution is -2.21. The van der Waals surface area contributed by atoms with Crippen LogP contribution in [0.1, 0.15) is 54.4 Å². The van der Waals surface area contributed by atoms with Crippen molar-refractivity contribution in [3.63, 3.8) is 0 Å². The topological polar surface area (TPSA) is 81.3 Å². The van der Waals surface area contributed by atoms with Crippen molar-refractivity contribution in [3.8, 4) is 17.0 Å². The van der Waals surface area contributed by atoms with Crippen LogP contribution in [0.5, 0.6) is 5.75 Å². The highest BCUT2D eigenvalue weighted by molar-refractivity contribution is 5.73. The minimum Gasteiger partial charge on any atom is -0.507 e. The predicted octanol–water partition coefficient (Wildman–Crippen LogP) is 3.22. The van der Waals surface area contributed by atoms with Crippen LogP contribution in [0, 0.1) is 5.82 Å². The molecule has 3 heterocycles. The zero-order valence-electron chi connectivity index (χ0n) is 13.1. The second-order valence-electron chi connectivity index (χ2n) is 7.02. The van der Waals surface area contributed by atoms with Crippen molar-refractivity contribution in [2.45, 2.75) is 50.2 Å². The highest BCUT2D eigenvalue weighted by atomic mass is 19.1. The lowest BCUT2D eigenvalue weighted by atomic mass is 9.93. The number of phenolic OH excluding ortho intramolecular Hbond substituents is 1. The molecule has 2 aromatic rings. The third-order valence-electron chi connectivity index (χ3n) is 5.40. The number of fused-ring (bicyclic) bond motifs is 4. The minimum absolute atomic E-state index is 0.0414. The molecule has 2 aliphatic heterocycles. The highest BCUT2D eigenvalue weighted by Gasteiger charge is 2.38. The summed E-state index contributed by atoms with van der Waals surface area (Å²) in [7, 11) is 0. The molecule has 1 aromatic heterocycles. The van der Waals surface area contributed by atoms with Crippen LogP contribution in [0.2, 0.25) is 0 Å². The number of rotatable bonds is 2. The summed E-state index contributed by atoms with van der Waals surface area (Å²) in [6.45, 7) is 0. The Morgan fingerprint density at radius 3 is 2.79 bits per heavy atom. The molecule has 1 aromatic carbocycles. The number of nitrogens with zero attached hydrogens (tertiary/aromatic N) is 2. The molecule has 1 saturated heterocycles. The van der Waals surface area contributed by atoms with Crippen LogP contribution in [0.25, 0.3) is 11.3 Å². The van der Waals surface area contributed by atoms with Gasteiger partial charge in [0.05, 0.1) is 12.2 Å². The van der Waals surface area contributed by atoms with Crippen LogP contribution in [0.4, 0.5) is 10.2 Å². The van der Waals surface area contributed by atoms with E-state index in [0.717, 1.165) is 36.8 Å². The number of ether oxygens (including phenoxy) is 1. The number of phenols is 1. The van der Waals surface area contributed by atoms with Crippen molar-refractivity contribution in [2.75, 3.05) is 5.73 Å². The summed E-state index contributed by atoms with van der Waals surface area (Å²) in [6, 6.07) is 2.92. The van der Waals surface area contributed by atoms with Gasteiger partial charge in [0.25, 0.3) is 0 Å².